The van der Waals surface area contributed by atoms with E-state index in [4.69, 9.17) is 0 Å². The lowest BCUT2D eigenvalue weighted by atomic mass is 9.81. The van der Waals surface area contributed by atoms with Crippen molar-refractivity contribution >= 4 is 15.7 Å². The molecule has 2 unspecified atom stereocenters. The number of fused-ring (bicyclic) bond motifs is 2. The van der Waals surface area contributed by atoms with Gasteiger partial charge >= 0.3 is 0 Å². The molecule has 28 heavy (non-hydrogen) atoms. The highest BCUT2D eigenvalue weighted by Gasteiger charge is 2.35. The van der Waals surface area contributed by atoms with Gasteiger partial charge in [-0.3, -0.25) is 4.72 Å². The van der Waals surface area contributed by atoms with Crippen LogP contribution < -0.4 is 4.72 Å². The molecule has 0 aromatic heterocycles. The van der Waals surface area contributed by atoms with Crippen LogP contribution in [0.1, 0.15) is 34.5 Å². The summed E-state index contributed by atoms with van der Waals surface area (Å²) in [5, 5.41) is 42.1. The Kier molecular flexibility index (Phi) is 4.26. The molecule has 0 aliphatic heterocycles. The van der Waals surface area contributed by atoms with Gasteiger partial charge in [0.1, 0.15) is 12.2 Å². The fourth-order valence-corrected chi connectivity index (χ4v) is 4.50. The van der Waals surface area contributed by atoms with Crippen LogP contribution in [0.2, 0.25) is 0 Å². The topological polar surface area (TPSA) is 127 Å². The lowest BCUT2D eigenvalue weighted by Crippen LogP contribution is -2.19. The maximum atomic E-state index is 12.6. The Morgan fingerprint density at radius 2 is 1.32 bits per heavy atom. The zero-order valence-electron chi connectivity index (χ0n) is 14.4. The molecule has 8 heteroatoms. The van der Waals surface area contributed by atoms with Gasteiger partial charge in [0.2, 0.25) is 0 Å². The second-order valence-electron chi connectivity index (χ2n) is 6.48. The van der Waals surface area contributed by atoms with Crippen molar-refractivity contribution in [2.24, 2.45) is 0 Å². The van der Waals surface area contributed by atoms with E-state index in [0.717, 1.165) is 0 Å². The molecule has 0 radical (unpaired) electrons. The number of hydrogen-bond donors (Lipinski definition) is 5. The normalized spacial score (nSPS) is 18.2. The Morgan fingerprint density at radius 3 is 1.96 bits per heavy atom. The molecular weight excluding hydrogens is 382 g/mol. The molecule has 1 aliphatic carbocycles. The molecule has 1 aliphatic rings. The van der Waals surface area contributed by atoms with Gasteiger partial charge in [-0.05, 0) is 34.9 Å². The van der Waals surface area contributed by atoms with Crippen LogP contribution in [0.3, 0.4) is 0 Å². The average Bonchev–Trinajstić information content (AvgIpc) is 2.70. The Bertz CT molecular complexity index is 1160. The number of rotatable bonds is 3. The van der Waals surface area contributed by atoms with Gasteiger partial charge < -0.3 is 20.4 Å². The molecule has 3 aromatic rings. The number of phenols is 2. The van der Waals surface area contributed by atoms with E-state index in [0.29, 0.717) is 11.1 Å². The summed E-state index contributed by atoms with van der Waals surface area (Å²) in [5.41, 5.74) is 0.573. The molecule has 0 amide bonds. The van der Waals surface area contributed by atoms with Crippen LogP contribution >= 0.6 is 0 Å². The molecule has 144 valence electrons. The van der Waals surface area contributed by atoms with E-state index in [1.165, 1.54) is 18.2 Å². The molecule has 0 spiro atoms. The van der Waals surface area contributed by atoms with Crippen molar-refractivity contribution in [1.82, 2.24) is 0 Å². The predicted molar refractivity (Wildman–Crippen MR) is 102 cm³/mol. The van der Waals surface area contributed by atoms with Gasteiger partial charge in [-0.15, -0.1) is 0 Å². The van der Waals surface area contributed by atoms with Crippen molar-refractivity contribution in [1.29, 1.82) is 0 Å². The van der Waals surface area contributed by atoms with Gasteiger partial charge in [-0.1, -0.05) is 42.5 Å². The maximum Gasteiger partial charge on any atom is 0.262 e. The minimum Gasteiger partial charge on any atom is -0.504 e. The first-order valence-corrected chi connectivity index (χ1v) is 9.91. The summed E-state index contributed by atoms with van der Waals surface area (Å²) in [6.07, 6.45) is -2.48. The third-order valence-electron chi connectivity index (χ3n) is 4.80. The van der Waals surface area contributed by atoms with Crippen LogP contribution in [0.4, 0.5) is 5.69 Å². The molecule has 3 aromatic carbocycles. The van der Waals surface area contributed by atoms with Crippen LogP contribution in [0, 0.1) is 0 Å². The summed E-state index contributed by atoms with van der Waals surface area (Å²) in [7, 11) is -4.04. The van der Waals surface area contributed by atoms with Gasteiger partial charge in [0.05, 0.1) is 10.6 Å². The molecule has 0 saturated carbocycles. The number of aliphatic hydroxyl groups excluding tert-OH is 2. The van der Waals surface area contributed by atoms with Crippen molar-refractivity contribution < 1.29 is 28.8 Å². The highest BCUT2D eigenvalue weighted by atomic mass is 32.2. The van der Waals surface area contributed by atoms with Crippen LogP contribution in [0.15, 0.2) is 65.6 Å². The lowest BCUT2D eigenvalue weighted by molar-refractivity contribution is 0.169. The zero-order valence-corrected chi connectivity index (χ0v) is 15.3. The Hall–Kier alpha value is -3.07. The number of phenolic OH excluding ortho intramolecular Hbond substituents is 2. The summed E-state index contributed by atoms with van der Waals surface area (Å²) in [5.74, 6) is -1.42. The number of hydrogen-bond acceptors (Lipinski definition) is 6. The van der Waals surface area contributed by atoms with Crippen LogP contribution in [-0.4, -0.2) is 28.8 Å². The standard InChI is InChI=1S/C20H17NO6S/c22-17-12-8-4-5-9-13(12)18(23)16-14(17)10-15(19(24)20(16)25)21-28(26,27)11-6-2-1-3-7-11/h1-10,17-18,21-25H. The van der Waals surface area contributed by atoms with Crippen LogP contribution in [0.25, 0.3) is 0 Å². The van der Waals surface area contributed by atoms with Crippen molar-refractivity contribution in [3.05, 3.63) is 82.9 Å². The minimum absolute atomic E-state index is 0.0301. The second kappa shape index (κ2) is 6.52. The second-order valence-corrected chi connectivity index (χ2v) is 8.16. The Balaban J connectivity index is 1.84. The largest absolute Gasteiger partial charge is 0.504 e. The van der Waals surface area contributed by atoms with Crippen molar-refractivity contribution in [2.75, 3.05) is 4.72 Å². The quantitative estimate of drug-likeness (QED) is 0.430. The van der Waals surface area contributed by atoms with E-state index in [-0.39, 0.29) is 21.7 Å². The molecule has 4 rings (SSSR count). The zero-order chi connectivity index (χ0) is 20.1. The molecule has 0 fully saturated rings. The van der Waals surface area contributed by atoms with Crippen molar-refractivity contribution in [3.8, 4) is 11.5 Å². The number of nitrogens with one attached hydrogen (secondary N) is 1. The Labute approximate surface area is 161 Å². The minimum atomic E-state index is -4.04. The smallest absolute Gasteiger partial charge is 0.262 e. The summed E-state index contributed by atoms with van der Waals surface area (Å²) < 4.78 is 27.3. The van der Waals surface area contributed by atoms with Gasteiger partial charge in [0.25, 0.3) is 10.0 Å². The number of benzene rings is 3. The molecule has 7 nitrogen and oxygen atoms in total. The average molecular weight is 399 g/mol. The lowest BCUT2D eigenvalue weighted by Gasteiger charge is -2.30. The maximum absolute atomic E-state index is 12.6. The number of sulfonamides is 1. The molecule has 0 heterocycles. The highest BCUT2D eigenvalue weighted by Crippen LogP contribution is 2.50. The summed E-state index contributed by atoms with van der Waals surface area (Å²) >= 11 is 0. The number of aromatic hydroxyl groups is 2. The first-order chi connectivity index (χ1) is 13.3. The van der Waals surface area contributed by atoms with Crippen LogP contribution in [0.5, 0.6) is 11.5 Å². The van der Waals surface area contributed by atoms with Gasteiger partial charge in [0, 0.05) is 5.56 Å². The van der Waals surface area contributed by atoms with Gasteiger partial charge in [0.15, 0.2) is 11.5 Å². The summed E-state index contributed by atoms with van der Waals surface area (Å²) in [4.78, 5) is -0.0301. The predicted octanol–water partition coefficient (Wildman–Crippen LogP) is 2.38. The number of aliphatic hydroxyl groups is 2. The third-order valence-corrected chi connectivity index (χ3v) is 6.18. The summed E-state index contributed by atoms with van der Waals surface area (Å²) in [6, 6.07) is 15.4. The molecule has 5 N–H and O–H groups in total. The van der Waals surface area contributed by atoms with Gasteiger partial charge in [-0.2, -0.15) is 0 Å². The van der Waals surface area contributed by atoms with E-state index < -0.39 is 33.7 Å². The van der Waals surface area contributed by atoms with E-state index in [1.807, 2.05) is 0 Å². The van der Waals surface area contributed by atoms with Crippen LogP contribution in [-0.2, 0) is 10.0 Å². The molecular formula is C20H17NO6S. The fourth-order valence-electron chi connectivity index (χ4n) is 3.42. The van der Waals surface area contributed by atoms with Crippen molar-refractivity contribution in [3.63, 3.8) is 0 Å². The van der Waals surface area contributed by atoms with E-state index in [2.05, 4.69) is 4.72 Å². The molecule has 0 saturated heterocycles. The third kappa shape index (κ3) is 2.78. The molecule has 0 bridgehead atoms. The van der Waals surface area contributed by atoms with E-state index in [9.17, 15) is 28.8 Å². The first-order valence-electron chi connectivity index (χ1n) is 8.43. The van der Waals surface area contributed by atoms with E-state index in [1.54, 1.807) is 42.5 Å². The monoisotopic (exact) mass is 399 g/mol. The van der Waals surface area contributed by atoms with Gasteiger partial charge in [-0.25, -0.2) is 8.42 Å². The number of anilines is 1. The highest BCUT2D eigenvalue weighted by molar-refractivity contribution is 7.92. The fraction of sp³-hybridized carbons (Fsp3) is 0.100. The van der Waals surface area contributed by atoms with Crippen molar-refractivity contribution in [2.45, 2.75) is 17.1 Å². The first kappa shape index (κ1) is 18.3. The SMILES string of the molecule is O=S(=O)(Nc1cc2c(c(O)c1O)C(O)c1ccccc1C2O)c1ccccc1. The summed E-state index contributed by atoms with van der Waals surface area (Å²) in [6.45, 7) is 0. The Morgan fingerprint density at radius 1 is 0.750 bits per heavy atom. The molecule has 2 atom stereocenters. The van der Waals surface area contributed by atoms with E-state index >= 15 is 0 Å².